The fourth-order valence-corrected chi connectivity index (χ4v) is 3.70. The van der Waals surface area contributed by atoms with Crippen molar-refractivity contribution >= 4 is 52.6 Å². The molecule has 1 unspecified atom stereocenters. The molecular formula is C24H23ClFN3O3S. The molecule has 0 fully saturated rings. The van der Waals surface area contributed by atoms with Crippen LogP contribution in [0.4, 0.5) is 21.5 Å². The highest BCUT2D eigenvalue weighted by Crippen LogP contribution is 2.33. The normalized spacial score (nSPS) is 11.5. The fraction of sp³-hybridized carbons (Fsp3) is 0.208. The second-order valence-corrected chi connectivity index (χ2v) is 8.84. The summed E-state index contributed by atoms with van der Waals surface area (Å²) in [5, 5.41) is 6.08. The van der Waals surface area contributed by atoms with Crippen molar-refractivity contribution in [1.82, 2.24) is 4.98 Å². The first kappa shape index (κ1) is 24.5. The van der Waals surface area contributed by atoms with Crippen LogP contribution >= 0.6 is 23.4 Å². The topological polar surface area (TPSA) is 80.3 Å². The van der Waals surface area contributed by atoms with Crippen molar-refractivity contribution < 1.29 is 18.7 Å². The molecule has 3 rings (SSSR count). The van der Waals surface area contributed by atoms with E-state index < -0.39 is 11.9 Å². The van der Waals surface area contributed by atoms with Crippen molar-refractivity contribution in [3.63, 3.8) is 0 Å². The second kappa shape index (κ2) is 11.7. The summed E-state index contributed by atoms with van der Waals surface area (Å²) in [6.45, 7) is 3.64. The Morgan fingerprint density at radius 3 is 2.73 bits per heavy atom. The Bertz CT molecular complexity index is 1130. The Labute approximate surface area is 200 Å². The summed E-state index contributed by atoms with van der Waals surface area (Å²) in [4.78, 5) is 29.0. The van der Waals surface area contributed by atoms with Crippen molar-refractivity contribution in [2.75, 3.05) is 16.4 Å². The molecule has 2 N–H and O–H groups in total. The van der Waals surface area contributed by atoms with Gasteiger partial charge in [-0.3, -0.25) is 14.6 Å². The number of carbonyl (C=O) groups excluding carboxylic acids is 2. The van der Waals surface area contributed by atoms with Crippen LogP contribution < -0.4 is 15.4 Å². The molecule has 1 amide bonds. The zero-order valence-electron chi connectivity index (χ0n) is 18.1. The lowest BCUT2D eigenvalue weighted by molar-refractivity contribution is -0.115. The number of aromatic nitrogens is 1. The van der Waals surface area contributed by atoms with Gasteiger partial charge in [0.15, 0.2) is 12.4 Å². The van der Waals surface area contributed by atoms with Crippen LogP contribution in [0.2, 0.25) is 5.02 Å². The van der Waals surface area contributed by atoms with Crippen molar-refractivity contribution in [2.24, 2.45) is 0 Å². The summed E-state index contributed by atoms with van der Waals surface area (Å²) in [5.74, 6) is 0.464. The lowest BCUT2D eigenvalue weighted by Gasteiger charge is -2.17. The first-order chi connectivity index (χ1) is 15.9. The third-order valence-electron chi connectivity index (χ3n) is 4.42. The molecule has 9 heteroatoms. The standard InChI is InChI=1S/C24H23ClFN3O3S/c1-3-33-19-7-5-17(27-13-19)12-24(31)28-18-6-9-21(23(11-18)32-15(2)14-30)29-22-10-16(25)4-8-20(22)26/h4-11,13-15,29H,3,12H2,1-2H3,(H,28,31). The first-order valence-electron chi connectivity index (χ1n) is 10.2. The highest BCUT2D eigenvalue weighted by molar-refractivity contribution is 7.99. The zero-order valence-corrected chi connectivity index (χ0v) is 19.7. The Morgan fingerprint density at radius 1 is 1.21 bits per heavy atom. The number of benzene rings is 2. The molecule has 1 heterocycles. The minimum Gasteiger partial charge on any atom is -0.481 e. The molecule has 0 aliphatic heterocycles. The van der Waals surface area contributed by atoms with Crippen molar-refractivity contribution in [3.05, 3.63) is 71.3 Å². The molecule has 0 spiro atoms. The van der Waals surface area contributed by atoms with Crippen molar-refractivity contribution in [3.8, 4) is 5.75 Å². The van der Waals surface area contributed by atoms with Crippen LogP contribution in [0.3, 0.4) is 0 Å². The molecule has 6 nitrogen and oxygen atoms in total. The number of thioether (sulfide) groups is 1. The quantitative estimate of drug-likeness (QED) is 0.275. The first-order valence-corrected chi connectivity index (χ1v) is 11.6. The average molecular weight is 488 g/mol. The van der Waals surface area contributed by atoms with Gasteiger partial charge < -0.3 is 15.4 Å². The van der Waals surface area contributed by atoms with Crippen LogP contribution in [0.5, 0.6) is 5.75 Å². The molecule has 0 aliphatic carbocycles. The van der Waals surface area contributed by atoms with Gasteiger partial charge in [0.05, 0.1) is 17.8 Å². The zero-order chi connectivity index (χ0) is 23.8. The maximum atomic E-state index is 14.2. The van der Waals surface area contributed by atoms with Gasteiger partial charge in [0.2, 0.25) is 5.91 Å². The molecular weight excluding hydrogens is 465 g/mol. The number of anilines is 3. The third kappa shape index (κ3) is 7.20. The molecule has 0 aliphatic rings. The summed E-state index contributed by atoms with van der Waals surface area (Å²) in [6, 6.07) is 12.7. The van der Waals surface area contributed by atoms with E-state index in [2.05, 4.69) is 22.5 Å². The second-order valence-electron chi connectivity index (χ2n) is 7.06. The van der Waals surface area contributed by atoms with Gasteiger partial charge >= 0.3 is 0 Å². The third-order valence-corrected chi connectivity index (χ3v) is 5.52. The van der Waals surface area contributed by atoms with Gasteiger partial charge in [-0.15, -0.1) is 11.8 Å². The highest BCUT2D eigenvalue weighted by atomic mass is 35.5. The molecule has 0 saturated heterocycles. The van der Waals surface area contributed by atoms with Crippen LogP contribution in [0.25, 0.3) is 0 Å². The van der Waals surface area contributed by atoms with Crippen LogP contribution in [0.15, 0.2) is 59.6 Å². The van der Waals surface area contributed by atoms with E-state index in [0.29, 0.717) is 28.4 Å². The van der Waals surface area contributed by atoms with E-state index in [9.17, 15) is 14.0 Å². The average Bonchev–Trinajstić information content (AvgIpc) is 2.79. The number of nitrogens with zero attached hydrogens (tertiary/aromatic N) is 1. The van der Waals surface area contributed by atoms with E-state index in [1.54, 1.807) is 43.1 Å². The van der Waals surface area contributed by atoms with Crippen LogP contribution in [0, 0.1) is 5.82 Å². The number of pyridine rings is 1. The van der Waals surface area contributed by atoms with E-state index in [0.717, 1.165) is 10.6 Å². The highest BCUT2D eigenvalue weighted by Gasteiger charge is 2.13. The number of hydrogen-bond acceptors (Lipinski definition) is 6. The SMILES string of the molecule is CCSc1ccc(CC(=O)Nc2ccc(Nc3cc(Cl)ccc3F)c(OC(C)C=O)c2)nc1. The van der Waals surface area contributed by atoms with Crippen molar-refractivity contribution in [2.45, 2.75) is 31.3 Å². The molecule has 3 aromatic rings. The summed E-state index contributed by atoms with van der Waals surface area (Å²) in [5.41, 5.74) is 1.67. The lowest BCUT2D eigenvalue weighted by atomic mass is 10.2. The minimum atomic E-state index is -0.746. The van der Waals surface area contributed by atoms with Crippen LogP contribution in [-0.2, 0) is 16.0 Å². The summed E-state index contributed by atoms with van der Waals surface area (Å²) >= 11 is 7.64. The Kier molecular flexibility index (Phi) is 8.68. The minimum absolute atomic E-state index is 0.103. The number of rotatable bonds is 10. The van der Waals surface area contributed by atoms with E-state index in [4.69, 9.17) is 16.3 Å². The fourth-order valence-electron chi connectivity index (χ4n) is 2.90. The van der Waals surface area contributed by atoms with Gasteiger partial charge in [0.25, 0.3) is 0 Å². The van der Waals surface area contributed by atoms with Gasteiger partial charge in [0, 0.05) is 33.6 Å². The number of nitrogens with one attached hydrogen (secondary N) is 2. The van der Waals surface area contributed by atoms with E-state index in [1.807, 2.05) is 12.1 Å². The molecule has 33 heavy (non-hydrogen) atoms. The van der Waals surface area contributed by atoms with Crippen molar-refractivity contribution in [1.29, 1.82) is 0 Å². The number of halogens is 2. The number of ether oxygens (including phenoxy) is 1. The molecule has 2 aromatic carbocycles. The summed E-state index contributed by atoms with van der Waals surface area (Å²) in [7, 11) is 0. The molecule has 1 aromatic heterocycles. The van der Waals surface area contributed by atoms with Gasteiger partial charge in [-0.1, -0.05) is 18.5 Å². The molecule has 0 saturated carbocycles. The maximum absolute atomic E-state index is 14.2. The number of aldehydes is 1. The number of hydrogen-bond donors (Lipinski definition) is 2. The van der Waals surface area contributed by atoms with Gasteiger partial charge in [-0.25, -0.2) is 4.39 Å². The molecule has 172 valence electrons. The van der Waals surface area contributed by atoms with Gasteiger partial charge in [-0.2, -0.15) is 0 Å². The molecule has 1 atom stereocenters. The maximum Gasteiger partial charge on any atom is 0.230 e. The monoisotopic (exact) mass is 487 g/mol. The van der Waals surface area contributed by atoms with Crippen LogP contribution in [-0.4, -0.2) is 29.0 Å². The molecule has 0 bridgehead atoms. The molecule has 0 radical (unpaired) electrons. The Balaban J connectivity index is 1.76. The van der Waals surface area contributed by atoms with E-state index >= 15 is 0 Å². The lowest BCUT2D eigenvalue weighted by Crippen LogP contribution is -2.16. The predicted octanol–water partition coefficient (Wildman–Crippen LogP) is 5.88. The largest absolute Gasteiger partial charge is 0.481 e. The van der Waals surface area contributed by atoms with E-state index in [-0.39, 0.29) is 23.8 Å². The Hall–Kier alpha value is -3.10. The number of carbonyl (C=O) groups is 2. The van der Waals surface area contributed by atoms with Crippen LogP contribution in [0.1, 0.15) is 19.5 Å². The van der Waals surface area contributed by atoms with Gasteiger partial charge in [0.1, 0.15) is 11.6 Å². The summed E-state index contributed by atoms with van der Waals surface area (Å²) < 4.78 is 19.8. The predicted molar refractivity (Wildman–Crippen MR) is 130 cm³/mol. The number of amides is 1. The Morgan fingerprint density at radius 2 is 2.03 bits per heavy atom. The summed E-state index contributed by atoms with van der Waals surface area (Å²) in [6.07, 6.45) is 1.75. The van der Waals surface area contributed by atoms with E-state index in [1.165, 1.54) is 18.2 Å². The van der Waals surface area contributed by atoms with Gasteiger partial charge in [-0.05, 0) is 55.1 Å². The smallest absolute Gasteiger partial charge is 0.230 e.